The van der Waals surface area contributed by atoms with Gasteiger partial charge in [0.2, 0.25) is 0 Å². The van der Waals surface area contributed by atoms with Crippen LogP contribution in [0.1, 0.15) is 36.2 Å². The third kappa shape index (κ3) is 3.36. The topological polar surface area (TPSA) is 79.5 Å². The lowest BCUT2D eigenvalue weighted by atomic mass is 10.0. The van der Waals surface area contributed by atoms with Crippen molar-refractivity contribution in [1.82, 2.24) is 5.32 Å². The molecule has 118 valence electrons. The van der Waals surface area contributed by atoms with E-state index in [2.05, 4.69) is 5.32 Å². The van der Waals surface area contributed by atoms with Crippen molar-refractivity contribution in [2.45, 2.75) is 33.2 Å². The maximum atomic E-state index is 12.4. The summed E-state index contributed by atoms with van der Waals surface area (Å²) in [4.78, 5) is 24.5. The first-order chi connectivity index (χ1) is 10.4. The van der Waals surface area contributed by atoms with E-state index in [0.717, 1.165) is 5.39 Å². The van der Waals surface area contributed by atoms with Gasteiger partial charge >= 0.3 is 5.63 Å². The lowest BCUT2D eigenvalue weighted by Gasteiger charge is -2.18. The summed E-state index contributed by atoms with van der Waals surface area (Å²) in [5, 5.41) is 12.8. The van der Waals surface area contributed by atoms with Crippen LogP contribution in [-0.2, 0) is 0 Å². The molecule has 1 atom stereocenters. The third-order valence-corrected chi connectivity index (χ3v) is 3.61. The van der Waals surface area contributed by atoms with E-state index in [0.29, 0.717) is 23.5 Å². The molecule has 22 heavy (non-hydrogen) atoms. The summed E-state index contributed by atoms with van der Waals surface area (Å²) in [7, 11) is 0. The number of aryl methyl sites for hydroxylation is 1. The van der Waals surface area contributed by atoms with Gasteiger partial charge in [0.25, 0.3) is 5.91 Å². The van der Waals surface area contributed by atoms with E-state index in [1.54, 1.807) is 19.1 Å². The van der Waals surface area contributed by atoms with E-state index in [-0.39, 0.29) is 18.2 Å². The Morgan fingerprint density at radius 1 is 1.32 bits per heavy atom. The van der Waals surface area contributed by atoms with Crippen molar-refractivity contribution in [2.24, 2.45) is 5.92 Å². The SMILES string of the molecule is Cc1c(C(=O)NC(CO)CC(C)C)c(=O)oc2ccccc12. The van der Waals surface area contributed by atoms with Crippen LogP contribution in [0.4, 0.5) is 0 Å². The number of carbonyl (C=O) groups is 1. The summed E-state index contributed by atoms with van der Waals surface area (Å²) in [6, 6.07) is 6.72. The lowest BCUT2D eigenvalue weighted by Crippen LogP contribution is -2.40. The number of aliphatic hydroxyl groups is 1. The van der Waals surface area contributed by atoms with Gasteiger partial charge in [0.1, 0.15) is 11.1 Å². The number of para-hydroxylation sites is 1. The number of fused-ring (bicyclic) bond motifs is 1. The van der Waals surface area contributed by atoms with E-state index in [1.807, 2.05) is 26.0 Å². The van der Waals surface area contributed by atoms with Crippen LogP contribution >= 0.6 is 0 Å². The molecule has 1 aromatic heterocycles. The van der Waals surface area contributed by atoms with Crippen LogP contribution in [0, 0.1) is 12.8 Å². The minimum atomic E-state index is -0.657. The molecule has 0 spiro atoms. The summed E-state index contributed by atoms with van der Waals surface area (Å²) >= 11 is 0. The summed E-state index contributed by atoms with van der Waals surface area (Å²) in [5.74, 6) is -0.178. The summed E-state index contributed by atoms with van der Waals surface area (Å²) in [6.07, 6.45) is 0.639. The molecule has 1 amide bonds. The number of hydrogen-bond acceptors (Lipinski definition) is 4. The normalized spacial score (nSPS) is 12.6. The second kappa shape index (κ2) is 6.75. The molecule has 0 bridgehead atoms. The van der Waals surface area contributed by atoms with Crippen molar-refractivity contribution in [2.75, 3.05) is 6.61 Å². The fourth-order valence-corrected chi connectivity index (χ4v) is 2.57. The molecule has 5 nitrogen and oxygen atoms in total. The Morgan fingerprint density at radius 2 is 2.00 bits per heavy atom. The van der Waals surface area contributed by atoms with Crippen molar-refractivity contribution >= 4 is 16.9 Å². The molecule has 0 aliphatic rings. The minimum Gasteiger partial charge on any atom is -0.422 e. The van der Waals surface area contributed by atoms with Crippen LogP contribution in [0.5, 0.6) is 0 Å². The van der Waals surface area contributed by atoms with Gasteiger partial charge in [0.15, 0.2) is 0 Å². The first kappa shape index (κ1) is 16.2. The fraction of sp³-hybridized carbons (Fsp3) is 0.412. The largest absolute Gasteiger partial charge is 0.422 e. The number of amides is 1. The Hall–Kier alpha value is -2.14. The highest BCUT2D eigenvalue weighted by Crippen LogP contribution is 2.19. The van der Waals surface area contributed by atoms with Crippen molar-refractivity contribution in [3.63, 3.8) is 0 Å². The number of nitrogens with one attached hydrogen (secondary N) is 1. The van der Waals surface area contributed by atoms with E-state index in [9.17, 15) is 14.7 Å². The first-order valence-electron chi connectivity index (χ1n) is 7.38. The van der Waals surface area contributed by atoms with Crippen LogP contribution in [0.25, 0.3) is 11.0 Å². The molecule has 0 saturated heterocycles. The van der Waals surface area contributed by atoms with Crippen LogP contribution < -0.4 is 10.9 Å². The van der Waals surface area contributed by atoms with Gasteiger partial charge in [-0.1, -0.05) is 32.0 Å². The molecular formula is C17H21NO4. The van der Waals surface area contributed by atoms with E-state index >= 15 is 0 Å². The number of benzene rings is 1. The Balaban J connectivity index is 2.37. The Kier molecular flexibility index (Phi) is 4.98. The zero-order valence-electron chi connectivity index (χ0n) is 13.1. The van der Waals surface area contributed by atoms with Gasteiger partial charge in [-0.05, 0) is 30.9 Å². The number of carbonyl (C=O) groups excluding carboxylic acids is 1. The molecule has 1 unspecified atom stereocenters. The zero-order chi connectivity index (χ0) is 16.3. The van der Waals surface area contributed by atoms with E-state index in [1.165, 1.54) is 0 Å². The fourth-order valence-electron chi connectivity index (χ4n) is 2.57. The average Bonchev–Trinajstić information content (AvgIpc) is 2.46. The molecule has 1 heterocycles. The van der Waals surface area contributed by atoms with E-state index < -0.39 is 11.5 Å². The standard InChI is InChI=1S/C17H21NO4/c1-10(2)8-12(9-19)18-16(20)15-11(3)13-6-4-5-7-14(13)22-17(15)21/h4-7,10,12,19H,8-9H2,1-3H3,(H,18,20). The van der Waals surface area contributed by atoms with Crippen molar-refractivity contribution in [3.8, 4) is 0 Å². The minimum absolute atomic E-state index is 0.000839. The van der Waals surface area contributed by atoms with Crippen LogP contribution in [-0.4, -0.2) is 23.7 Å². The van der Waals surface area contributed by atoms with Crippen LogP contribution in [0.15, 0.2) is 33.5 Å². The van der Waals surface area contributed by atoms with Gasteiger partial charge < -0.3 is 14.8 Å². The molecule has 0 saturated carbocycles. The maximum Gasteiger partial charge on any atom is 0.349 e. The zero-order valence-corrected chi connectivity index (χ0v) is 13.1. The summed E-state index contributed by atoms with van der Waals surface area (Å²) < 4.78 is 5.21. The van der Waals surface area contributed by atoms with Crippen LogP contribution in [0.2, 0.25) is 0 Å². The van der Waals surface area contributed by atoms with Gasteiger partial charge in [-0.2, -0.15) is 0 Å². The molecular weight excluding hydrogens is 282 g/mol. The third-order valence-electron chi connectivity index (χ3n) is 3.61. The van der Waals surface area contributed by atoms with Gasteiger partial charge in [-0.15, -0.1) is 0 Å². The molecule has 1 aromatic carbocycles. The predicted molar refractivity (Wildman–Crippen MR) is 85.0 cm³/mol. The molecule has 0 aliphatic heterocycles. The highest BCUT2D eigenvalue weighted by atomic mass is 16.4. The predicted octanol–water partition coefficient (Wildman–Crippen LogP) is 2.24. The maximum absolute atomic E-state index is 12.4. The summed E-state index contributed by atoms with van der Waals surface area (Å²) in [5.41, 5.74) is 0.392. The van der Waals surface area contributed by atoms with Crippen molar-refractivity contribution in [3.05, 3.63) is 45.8 Å². The Labute approximate surface area is 129 Å². The van der Waals surface area contributed by atoms with Gasteiger partial charge in [0, 0.05) is 5.39 Å². The van der Waals surface area contributed by atoms with Crippen molar-refractivity contribution in [1.29, 1.82) is 0 Å². The molecule has 5 heteroatoms. The lowest BCUT2D eigenvalue weighted by molar-refractivity contribution is 0.0904. The smallest absolute Gasteiger partial charge is 0.349 e. The number of hydrogen-bond donors (Lipinski definition) is 2. The highest BCUT2D eigenvalue weighted by Gasteiger charge is 2.21. The number of rotatable bonds is 5. The Morgan fingerprint density at radius 3 is 2.64 bits per heavy atom. The molecule has 2 N–H and O–H groups in total. The molecule has 0 fully saturated rings. The van der Waals surface area contributed by atoms with E-state index in [4.69, 9.17) is 4.42 Å². The monoisotopic (exact) mass is 303 g/mol. The number of aliphatic hydroxyl groups excluding tert-OH is 1. The second-order valence-corrected chi connectivity index (χ2v) is 5.87. The van der Waals surface area contributed by atoms with Gasteiger partial charge in [-0.3, -0.25) is 4.79 Å². The Bertz CT molecular complexity index is 733. The molecule has 0 radical (unpaired) electrons. The van der Waals surface area contributed by atoms with Gasteiger partial charge in [-0.25, -0.2) is 4.79 Å². The second-order valence-electron chi connectivity index (χ2n) is 5.87. The van der Waals surface area contributed by atoms with Gasteiger partial charge in [0.05, 0.1) is 12.6 Å². The quantitative estimate of drug-likeness (QED) is 0.830. The van der Waals surface area contributed by atoms with Crippen molar-refractivity contribution < 1.29 is 14.3 Å². The molecule has 2 aromatic rings. The first-order valence-corrected chi connectivity index (χ1v) is 7.38. The average molecular weight is 303 g/mol. The summed E-state index contributed by atoms with van der Waals surface area (Å²) in [6.45, 7) is 5.57. The highest BCUT2D eigenvalue weighted by molar-refractivity contribution is 5.99. The van der Waals surface area contributed by atoms with Crippen LogP contribution in [0.3, 0.4) is 0 Å². The molecule has 2 rings (SSSR count). The molecule has 0 aliphatic carbocycles.